The van der Waals surface area contributed by atoms with Gasteiger partial charge < -0.3 is 15.1 Å². The molecule has 4 amide bonds. The van der Waals surface area contributed by atoms with Crippen LogP contribution in [0.3, 0.4) is 0 Å². The lowest BCUT2D eigenvalue weighted by molar-refractivity contribution is -0.136. The maximum Gasteiger partial charge on any atom is 0.255 e. The molecule has 1 unspecified atom stereocenters. The molecule has 2 aromatic heterocycles. The topological polar surface area (TPSA) is 142 Å². The van der Waals surface area contributed by atoms with E-state index >= 15 is 0 Å². The summed E-state index contributed by atoms with van der Waals surface area (Å²) in [6.45, 7) is 1.89. The second kappa shape index (κ2) is 12.0. The van der Waals surface area contributed by atoms with E-state index in [1.54, 1.807) is 30.5 Å². The Balaban J connectivity index is 0.895. The first kappa shape index (κ1) is 29.5. The van der Waals surface area contributed by atoms with Gasteiger partial charge in [0, 0.05) is 60.3 Å². The van der Waals surface area contributed by atoms with E-state index in [1.807, 2.05) is 59.5 Å². The van der Waals surface area contributed by atoms with Crippen molar-refractivity contribution in [2.24, 2.45) is 0 Å². The van der Waals surface area contributed by atoms with Crippen LogP contribution >= 0.6 is 0 Å². The zero-order chi connectivity index (χ0) is 32.8. The van der Waals surface area contributed by atoms with E-state index in [4.69, 9.17) is 4.98 Å². The number of carbonyl (C=O) groups excluding carboxylic acids is 4. The van der Waals surface area contributed by atoms with E-state index in [-0.39, 0.29) is 36.7 Å². The van der Waals surface area contributed by atoms with Crippen LogP contribution in [0.2, 0.25) is 0 Å². The molecule has 2 fully saturated rings. The highest BCUT2D eigenvalue weighted by atomic mass is 16.2. The van der Waals surface area contributed by atoms with E-state index in [0.717, 1.165) is 59.5 Å². The fourth-order valence-corrected chi connectivity index (χ4v) is 6.85. The lowest BCUT2D eigenvalue weighted by Crippen LogP contribution is -2.52. The first-order valence-corrected chi connectivity index (χ1v) is 16.1. The molecule has 3 aliphatic heterocycles. The van der Waals surface area contributed by atoms with Crippen molar-refractivity contribution in [3.63, 3.8) is 0 Å². The van der Waals surface area contributed by atoms with Gasteiger partial charge in [-0.2, -0.15) is 5.10 Å². The summed E-state index contributed by atoms with van der Waals surface area (Å²) in [7, 11) is 0. The number of nitrogens with one attached hydrogen (secondary N) is 2. The van der Waals surface area contributed by atoms with Gasteiger partial charge in [-0.1, -0.05) is 18.2 Å². The third-order valence-electron chi connectivity index (χ3n) is 9.44. The molecule has 3 aliphatic rings. The summed E-state index contributed by atoms with van der Waals surface area (Å²) >= 11 is 0. The fraction of sp³-hybridized carbons (Fsp3) is 0.250. The zero-order valence-corrected chi connectivity index (χ0v) is 26.0. The third-order valence-corrected chi connectivity index (χ3v) is 9.44. The van der Waals surface area contributed by atoms with Crippen LogP contribution in [0.5, 0.6) is 0 Å². The van der Waals surface area contributed by atoms with Gasteiger partial charge in [-0.15, -0.1) is 0 Å². The zero-order valence-electron chi connectivity index (χ0n) is 26.0. The minimum Gasteiger partial charge on any atom is -0.371 e. The van der Waals surface area contributed by atoms with E-state index in [0.29, 0.717) is 23.2 Å². The van der Waals surface area contributed by atoms with Crippen LogP contribution in [0.1, 0.15) is 58.0 Å². The molecule has 1 atom stereocenters. The van der Waals surface area contributed by atoms with Crippen LogP contribution in [0.15, 0.2) is 85.3 Å². The van der Waals surface area contributed by atoms with Crippen LogP contribution in [-0.4, -0.2) is 67.4 Å². The van der Waals surface area contributed by atoms with Crippen molar-refractivity contribution in [1.29, 1.82) is 0 Å². The monoisotopic (exact) mass is 640 g/mol. The Morgan fingerprint density at radius 3 is 2.56 bits per heavy atom. The lowest BCUT2D eigenvalue weighted by Gasteiger charge is -2.33. The van der Waals surface area contributed by atoms with Crippen LogP contribution < -0.4 is 15.5 Å². The second-order valence-electron chi connectivity index (χ2n) is 12.4. The summed E-state index contributed by atoms with van der Waals surface area (Å²) in [5.74, 6) is -1.27. The quantitative estimate of drug-likeness (QED) is 0.261. The molecular weight excluding hydrogens is 608 g/mol. The van der Waals surface area contributed by atoms with E-state index in [1.165, 1.54) is 4.90 Å². The van der Waals surface area contributed by atoms with Crippen molar-refractivity contribution in [3.05, 3.63) is 102 Å². The van der Waals surface area contributed by atoms with Crippen LogP contribution in [0.25, 0.3) is 22.3 Å². The Kier molecular flexibility index (Phi) is 7.39. The molecule has 0 saturated carbocycles. The van der Waals surface area contributed by atoms with Gasteiger partial charge >= 0.3 is 0 Å². The molecule has 48 heavy (non-hydrogen) atoms. The highest BCUT2D eigenvalue weighted by molar-refractivity contribution is 6.07. The van der Waals surface area contributed by atoms with Gasteiger partial charge in [0.1, 0.15) is 6.04 Å². The number of anilines is 2. The normalized spacial score (nSPS) is 18.2. The molecule has 3 aromatic carbocycles. The molecule has 12 heteroatoms. The van der Waals surface area contributed by atoms with Gasteiger partial charge in [-0.05, 0) is 73.4 Å². The maximum absolute atomic E-state index is 13.3. The minimum atomic E-state index is -0.685. The first-order chi connectivity index (χ1) is 23.4. The molecule has 5 heterocycles. The Morgan fingerprint density at radius 2 is 1.73 bits per heavy atom. The molecule has 0 spiro atoms. The number of amides is 4. The van der Waals surface area contributed by atoms with E-state index < -0.39 is 11.9 Å². The SMILES string of the molecule is O=C1CCC(N2Cc3cc(NC(=O)c4cccc(N5CCC(n6cc(-c7cnc8ccccc8n7)cn6)CC5)c4)ccc3C2=O)C(=O)N1. The number of imide groups is 1. The number of hydrogen-bond donors (Lipinski definition) is 2. The summed E-state index contributed by atoms with van der Waals surface area (Å²) in [6.07, 6.45) is 8.00. The number of aromatic nitrogens is 4. The Hall–Kier alpha value is -5.91. The number of carbonyl (C=O) groups is 4. The van der Waals surface area contributed by atoms with E-state index in [2.05, 4.69) is 25.6 Å². The number of para-hydroxylation sites is 2. The van der Waals surface area contributed by atoms with Gasteiger partial charge in [0.15, 0.2) is 0 Å². The van der Waals surface area contributed by atoms with Gasteiger partial charge in [-0.3, -0.25) is 34.2 Å². The largest absolute Gasteiger partial charge is 0.371 e. The number of rotatable bonds is 6. The first-order valence-electron chi connectivity index (χ1n) is 16.1. The Morgan fingerprint density at radius 1 is 0.896 bits per heavy atom. The van der Waals surface area contributed by atoms with Crippen LogP contribution in [0.4, 0.5) is 11.4 Å². The van der Waals surface area contributed by atoms with Crippen molar-refractivity contribution in [2.75, 3.05) is 23.3 Å². The average molecular weight is 641 g/mol. The Labute approximate surface area is 275 Å². The summed E-state index contributed by atoms with van der Waals surface area (Å²) in [6, 6.07) is 20.1. The molecule has 0 aliphatic carbocycles. The maximum atomic E-state index is 13.3. The molecule has 2 saturated heterocycles. The van der Waals surface area contributed by atoms with Gasteiger partial charge in [0.05, 0.1) is 35.2 Å². The fourth-order valence-electron chi connectivity index (χ4n) is 6.85. The molecule has 8 rings (SSSR count). The molecular formula is C36H32N8O4. The highest BCUT2D eigenvalue weighted by Gasteiger charge is 2.39. The van der Waals surface area contributed by atoms with E-state index in [9.17, 15) is 19.2 Å². The number of piperidine rings is 2. The predicted octanol–water partition coefficient (Wildman–Crippen LogP) is 4.35. The van der Waals surface area contributed by atoms with Crippen molar-refractivity contribution in [2.45, 2.75) is 44.3 Å². The lowest BCUT2D eigenvalue weighted by atomic mass is 10.0. The third kappa shape index (κ3) is 5.55. The van der Waals surface area contributed by atoms with Gasteiger partial charge in [0.2, 0.25) is 11.8 Å². The average Bonchev–Trinajstić information content (AvgIpc) is 3.73. The van der Waals surface area contributed by atoms with Crippen molar-refractivity contribution in [3.8, 4) is 11.3 Å². The summed E-state index contributed by atoms with van der Waals surface area (Å²) < 4.78 is 2.03. The number of benzene rings is 3. The standard InChI is InChI=1S/C36H32N8O4/c45-33-11-10-32(35(47)41-33)43-20-23-16-25(8-9-28(23)36(43)48)39-34(46)22-4-3-5-27(17-22)42-14-12-26(13-15-42)44-21-24(18-38-44)31-19-37-29-6-1-2-7-30(29)40-31/h1-9,16-19,21,26,32H,10-15,20H2,(H,39,46)(H,41,45,47). The number of hydrogen-bond acceptors (Lipinski definition) is 8. The number of nitrogens with zero attached hydrogens (tertiary/aromatic N) is 6. The molecule has 5 aromatic rings. The van der Waals surface area contributed by atoms with Crippen LogP contribution in [0, 0.1) is 0 Å². The van der Waals surface area contributed by atoms with Gasteiger partial charge in [-0.25, -0.2) is 4.98 Å². The van der Waals surface area contributed by atoms with Crippen molar-refractivity contribution >= 4 is 46.0 Å². The molecule has 0 bridgehead atoms. The second-order valence-corrected chi connectivity index (χ2v) is 12.4. The molecule has 0 radical (unpaired) electrons. The minimum absolute atomic E-state index is 0.197. The predicted molar refractivity (Wildman–Crippen MR) is 178 cm³/mol. The summed E-state index contributed by atoms with van der Waals surface area (Å²) in [5, 5.41) is 9.94. The number of fused-ring (bicyclic) bond motifs is 2. The molecule has 2 N–H and O–H groups in total. The van der Waals surface area contributed by atoms with Crippen molar-refractivity contribution in [1.82, 2.24) is 30.0 Å². The summed E-state index contributed by atoms with van der Waals surface area (Å²) in [4.78, 5) is 63.3. The molecule has 12 nitrogen and oxygen atoms in total. The highest BCUT2D eigenvalue weighted by Crippen LogP contribution is 2.31. The smallest absolute Gasteiger partial charge is 0.255 e. The van der Waals surface area contributed by atoms with Gasteiger partial charge in [0.25, 0.3) is 11.8 Å². The summed E-state index contributed by atoms with van der Waals surface area (Å²) in [5.41, 5.74) is 6.77. The van der Waals surface area contributed by atoms with Crippen molar-refractivity contribution < 1.29 is 19.2 Å². The molecule has 240 valence electrons. The van der Waals surface area contributed by atoms with Crippen LogP contribution in [-0.2, 0) is 16.1 Å². The Bertz CT molecular complexity index is 2100.